The fraction of sp³-hybridized carbons (Fsp3) is 0.167. The summed E-state index contributed by atoms with van der Waals surface area (Å²) in [4.78, 5) is 50.9. The number of imide groups is 2. The molecule has 0 radical (unpaired) electrons. The van der Waals surface area contributed by atoms with Gasteiger partial charge in [0, 0.05) is 11.4 Å². The lowest BCUT2D eigenvalue weighted by molar-refractivity contribution is -0.130. The molecule has 0 unspecified atom stereocenters. The van der Waals surface area contributed by atoms with Crippen molar-refractivity contribution in [3.05, 3.63) is 82.6 Å². The summed E-state index contributed by atoms with van der Waals surface area (Å²) in [5.74, 6) is -1.57. The fourth-order valence-electron chi connectivity index (χ4n) is 3.81. The smallest absolute Gasteiger partial charge is 0.339 e. The number of aromatic nitrogens is 1. The van der Waals surface area contributed by atoms with E-state index in [2.05, 4.69) is 5.32 Å². The van der Waals surface area contributed by atoms with E-state index in [0.717, 1.165) is 10.6 Å². The summed E-state index contributed by atoms with van der Waals surface area (Å²) < 4.78 is 12.0. The van der Waals surface area contributed by atoms with Crippen molar-refractivity contribution in [3.63, 3.8) is 0 Å². The third-order valence-corrected chi connectivity index (χ3v) is 5.40. The van der Waals surface area contributed by atoms with Crippen LogP contribution in [0.2, 0.25) is 0 Å². The molecule has 0 spiro atoms. The van der Waals surface area contributed by atoms with Crippen LogP contribution in [0.25, 0.3) is 11.8 Å². The zero-order valence-electron chi connectivity index (χ0n) is 18.2. The number of barbiturate groups is 1. The van der Waals surface area contributed by atoms with Gasteiger partial charge in [-0.15, -0.1) is 0 Å². The summed E-state index contributed by atoms with van der Waals surface area (Å²) in [5.41, 5.74) is 2.88. The maximum absolute atomic E-state index is 13.0. The molecule has 1 aliphatic rings. The number of methoxy groups -OCH3 is 1. The number of esters is 1. The van der Waals surface area contributed by atoms with Crippen LogP contribution >= 0.6 is 0 Å². The van der Waals surface area contributed by atoms with Crippen LogP contribution in [-0.2, 0) is 20.9 Å². The summed E-state index contributed by atoms with van der Waals surface area (Å²) in [6.45, 7) is 3.55. The van der Waals surface area contributed by atoms with Gasteiger partial charge in [0.1, 0.15) is 11.3 Å². The van der Waals surface area contributed by atoms with Crippen molar-refractivity contribution < 1.29 is 28.3 Å². The Morgan fingerprint density at radius 3 is 2.58 bits per heavy atom. The molecule has 33 heavy (non-hydrogen) atoms. The van der Waals surface area contributed by atoms with Crippen LogP contribution in [0.3, 0.4) is 0 Å². The number of furan rings is 1. The topological polar surface area (TPSA) is 111 Å². The van der Waals surface area contributed by atoms with Crippen molar-refractivity contribution in [1.29, 1.82) is 0 Å². The summed E-state index contributed by atoms with van der Waals surface area (Å²) >= 11 is 0. The quantitative estimate of drug-likeness (QED) is 0.365. The molecule has 3 aromatic rings. The molecule has 1 aliphatic heterocycles. The third-order valence-electron chi connectivity index (χ3n) is 5.40. The van der Waals surface area contributed by atoms with Gasteiger partial charge in [0.15, 0.2) is 0 Å². The van der Waals surface area contributed by atoms with Gasteiger partial charge in [0.25, 0.3) is 11.8 Å². The predicted molar refractivity (Wildman–Crippen MR) is 117 cm³/mol. The Morgan fingerprint density at radius 2 is 1.88 bits per heavy atom. The largest absolute Gasteiger partial charge is 0.467 e. The number of urea groups is 1. The van der Waals surface area contributed by atoms with Crippen LogP contribution in [0.1, 0.15) is 33.1 Å². The molecule has 1 N–H and O–H groups in total. The number of para-hydroxylation sites is 1. The van der Waals surface area contributed by atoms with Gasteiger partial charge in [-0.3, -0.25) is 19.8 Å². The van der Waals surface area contributed by atoms with Gasteiger partial charge in [-0.2, -0.15) is 0 Å². The number of aryl methyl sites for hydroxylation is 1. The molecule has 4 amide bonds. The highest BCUT2D eigenvalue weighted by Gasteiger charge is 2.36. The number of hydrogen-bond donors (Lipinski definition) is 1. The molecule has 168 valence electrons. The summed E-state index contributed by atoms with van der Waals surface area (Å²) in [6, 6.07) is 11.2. The molecule has 9 heteroatoms. The molecule has 0 saturated carbocycles. The van der Waals surface area contributed by atoms with E-state index in [1.165, 1.54) is 19.4 Å². The van der Waals surface area contributed by atoms with Crippen LogP contribution in [0, 0.1) is 13.8 Å². The molecular formula is C24H21N3O6. The lowest BCUT2D eigenvalue weighted by atomic mass is 10.1. The molecular weight excluding hydrogens is 426 g/mol. The van der Waals surface area contributed by atoms with Gasteiger partial charge >= 0.3 is 12.0 Å². The highest BCUT2D eigenvalue weighted by molar-refractivity contribution is 6.31. The standard InChI is InChI=1S/C24H21N3O6/c1-14-11-16(15(2)27(14)20-9-5-4-8-18(20)23(30)32-3)12-19-21(28)25-24(31)26(22(19)29)13-17-7-6-10-33-17/h4-12H,13H2,1-3H3,(H,25,28,31). The van der Waals surface area contributed by atoms with E-state index >= 15 is 0 Å². The number of benzene rings is 1. The average molecular weight is 447 g/mol. The van der Waals surface area contributed by atoms with E-state index in [-0.39, 0.29) is 12.1 Å². The summed E-state index contributed by atoms with van der Waals surface area (Å²) in [7, 11) is 1.31. The van der Waals surface area contributed by atoms with E-state index in [1.807, 2.05) is 18.4 Å². The van der Waals surface area contributed by atoms with E-state index in [1.54, 1.807) is 42.5 Å². The Kier molecular flexibility index (Phi) is 5.70. The van der Waals surface area contributed by atoms with Crippen LogP contribution in [0.5, 0.6) is 0 Å². The van der Waals surface area contributed by atoms with Gasteiger partial charge in [-0.1, -0.05) is 12.1 Å². The first-order valence-electron chi connectivity index (χ1n) is 10.1. The van der Waals surface area contributed by atoms with E-state index in [4.69, 9.17) is 9.15 Å². The number of nitrogens with zero attached hydrogens (tertiary/aromatic N) is 2. The summed E-state index contributed by atoms with van der Waals surface area (Å²) in [6.07, 6.45) is 2.88. The zero-order chi connectivity index (χ0) is 23.7. The third kappa shape index (κ3) is 3.96. The van der Waals surface area contributed by atoms with Crippen LogP contribution in [0.15, 0.2) is 58.7 Å². The van der Waals surface area contributed by atoms with Gasteiger partial charge in [0.05, 0.1) is 31.2 Å². The SMILES string of the molecule is COC(=O)c1ccccc1-n1c(C)cc(C=C2C(=O)NC(=O)N(Cc3ccco3)C2=O)c1C. The zero-order valence-corrected chi connectivity index (χ0v) is 18.2. The second-order valence-electron chi connectivity index (χ2n) is 7.46. The van der Waals surface area contributed by atoms with Crippen LogP contribution < -0.4 is 5.32 Å². The monoisotopic (exact) mass is 447 g/mol. The maximum Gasteiger partial charge on any atom is 0.339 e. The molecule has 1 aromatic carbocycles. The number of carbonyl (C=O) groups is 4. The number of nitrogens with one attached hydrogen (secondary N) is 1. The second kappa shape index (κ2) is 8.62. The van der Waals surface area contributed by atoms with Crippen molar-refractivity contribution in [2.24, 2.45) is 0 Å². The number of ether oxygens (including phenoxy) is 1. The van der Waals surface area contributed by atoms with Crippen molar-refractivity contribution >= 4 is 29.9 Å². The first-order chi connectivity index (χ1) is 15.8. The lowest BCUT2D eigenvalue weighted by Crippen LogP contribution is -2.53. The first kappa shape index (κ1) is 21.8. The molecule has 1 fully saturated rings. The van der Waals surface area contributed by atoms with E-state index < -0.39 is 23.8 Å². The maximum atomic E-state index is 13.0. The number of rotatable bonds is 5. The Balaban J connectivity index is 1.74. The van der Waals surface area contributed by atoms with Crippen LogP contribution in [0.4, 0.5) is 4.79 Å². The molecule has 0 aliphatic carbocycles. The average Bonchev–Trinajstić information content (AvgIpc) is 3.41. The Morgan fingerprint density at radius 1 is 1.12 bits per heavy atom. The van der Waals surface area contributed by atoms with Crippen molar-refractivity contribution in [3.8, 4) is 5.69 Å². The van der Waals surface area contributed by atoms with Gasteiger partial charge in [-0.05, 0) is 55.8 Å². The molecule has 4 rings (SSSR count). The number of hydrogen-bond acceptors (Lipinski definition) is 6. The van der Waals surface area contributed by atoms with Crippen molar-refractivity contribution in [2.75, 3.05) is 7.11 Å². The van der Waals surface area contributed by atoms with Gasteiger partial charge in [-0.25, -0.2) is 9.59 Å². The van der Waals surface area contributed by atoms with Crippen molar-refractivity contribution in [2.45, 2.75) is 20.4 Å². The van der Waals surface area contributed by atoms with Crippen molar-refractivity contribution in [1.82, 2.24) is 14.8 Å². The van der Waals surface area contributed by atoms with Crippen LogP contribution in [-0.4, -0.2) is 40.4 Å². The minimum Gasteiger partial charge on any atom is -0.467 e. The predicted octanol–water partition coefficient (Wildman–Crippen LogP) is 3.14. The number of carbonyl (C=O) groups excluding carboxylic acids is 4. The minimum absolute atomic E-state index is 0.103. The fourth-order valence-corrected chi connectivity index (χ4v) is 3.81. The highest BCUT2D eigenvalue weighted by atomic mass is 16.5. The lowest BCUT2D eigenvalue weighted by Gasteiger charge is -2.25. The Bertz CT molecular complexity index is 1300. The second-order valence-corrected chi connectivity index (χ2v) is 7.46. The number of amides is 4. The molecule has 0 atom stereocenters. The molecule has 2 aromatic heterocycles. The highest BCUT2D eigenvalue weighted by Crippen LogP contribution is 2.26. The first-order valence-corrected chi connectivity index (χ1v) is 10.1. The normalized spacial score (nSPS) is 15.2. The molecule has 9 nitrogen and oxygen atoms in total. The van der Waals surface area contributed by atoms with Gasteiger partial charge < -0.3 is 13.7 Å². The van der Waals surface area contributed by atoms with Gasteiger partial charge in [0.2, 0.25) is 0 Å². The molecule has 3 heterocycles. The molecule has 0 bridgehead atoms. The minimum atomic E-state index is -0.809. The molecule has 1 saturated heterocycles. The van der Waals surface area contributed by atoms with E-state index in [9.17, 15) is 19.2 Å². The summed E-state index contributed by atoms with van der Waals surface area (Å²) in [5, 5.41) is 2.20. The van der Waals surface area contributed by atoms with E-state index in [0.29, 0.717) is 28.3 Å². The Labute approximate surface area is 189 Å². The Hall–Kier alpha value is -4.40.